The number of ketones is 1. The van der Waals surface area contributed by atoms with Crippen molar-refractivity contribution in [1.29, 1.82) is 0 Å². The maximum Gasteiger partial charge on any atom is 0.299 e. The smallest absolute Gasteiger partial charge is 0.299 e. The molecule has 0 unspecified atom stereocenters. The summed E-state index contributed by atoms with van der Waals surface area (Å²) in [6.45, 7) is 0.484. The molecule has 3 nitrogen and oxygen atoms in total. The number of anilines is 1. The molecule has 0 fully saturated rings. The standard InChI is InChI=1S/C16H12ClNO2S/c17-11-6-7-13-14(10-11)18(16(20)15(13)19)8-9-21-12-4-2-1-3-5-12/h1-7,10H,8-9H2. The summed E-state index contributed by atoms with van der Waals surface area (Å²) in [4.78, 5) is 26.6. The predicted octanol–water partition coefficient (Wildman–Crippen LogP) is 3.66. The number of amides is 1. The lowest BCUT2D eigenvalue weighted by molar-refractivity contribution is -0.114. The highest BCUT2D eigenvalue weighted by Crippen LogP contribution is 2.32. The topological polar surface area (TPSA) is 37.4 Å². The average Bonchev–Trinajstić information content (AvgIpc) is 2.73. The molecular weight excluding hydrogens is 306 g/mol. The van der Waals surface area contributed by atoms with Gasteiger partial charge in [-0.2, -0.15) is 0 Å². The van der Waals surface area contributed by atoms with Gasteiger partial charge in [0, 0.05) is 22.2 Å². The summed E-state index contributed by atoms with van der Waals surface area (Å²) in [6.07, 6.45) is 0. The number of carbonyl (C=O) groups is 2. The van der Waals surface area contributed by atoms with E-state index in [1.165, 1.54) is 4.90 Å². The molecule has 0 atom stereocenters. The Morgan fingerprint density at radius 1 is 1.05 bits per heavy atom. The van der Waals surface area contributed by atoms with Crippen molar-refractivity contribution in [2.45, 2.75) is 4.90 Å². The number of carbonyl (C=O) groups excluding carboxylic acids is 2. The Morgan fingerprint density at radius 3 is 2.57 bits per heavy atom. The monoisotopic (exact) mass is 317 g/mol. The highest BCUT2D eigenvalue weighted by Gasteiger charge is 2.35. The second-order valence-electron chi connectivity index (χ2n) is 4.61. The first-order chi connectivity index (χ1) is 10.2. The van der Waals surface area contributed by atoms with Gasteiger partial charge in [0.15, 0.2) is 0 Å². The van der Waals surface area contributed by atoms with Crippen molar-refractivity contribution in [1.82, 2.24) is 0 Å². The number of fused-ring (bicyclic) bond motifs is 1. The second-order valence-corrected chi connectivity index (χ2v) is 6.21. The van der Waals surface area contributed by atoms with Crippen LogP contribution in [0.2, 0.25) is 5.02 Å². The van der Waals surface area contributed by atoms with Crippen molar-refractivity contribution in [3.05, 3.63) is 59.1 Å². The summed E-state index contributed by atoms with van der Waals surface area (Å²) < 4.78 is 0. The number of rotatable bonds is 4. The van der Waals surface area contributed by atoms with Crippen LogP contribution in [0.25, 0.3) is 0 Å². The molecule has 0 radical (unpaired) electrons. The summed E-state index contributed by atoms with van der Waals surface area (Å²) in [5.41, 5.74) is 1.06. The molecule has 0 aliphatic carbocycles. The van der Waals surface area contributed by atoms with E-state index in [4.69, 9.17) is 11.6 Å². The Labute approximate surface area is 131 Å². The van der Waals surface area contributed by atoms with Crippen molar-refractivity contribution < 1.29 is 9.59 Å². The third-order valence-electron chi connectivity index (χ3n) is 3.26. The van der Waals surface area contributed by atoms with Crippen LogP contribution >= 0.6 is 23.4 Å². The number of thioether (sulfide) groups is 1. The summed E-state index contributed by atoms with van der Waals surface area (Å²) in [5, 5.41) is 0.525. The first kappa shape index (κ1) is 14.2. The first-order valence-corrected chi connectivity index (χ1v) is 7.87. The van der Waals surface area contributed by atoms with Crippen molar-refractivity contribution in [3.63, 3.8) is 0 Å². The van der Waals surface area contributed by atoms with Gasteiger partial charge < -0.3 is 4.90 Å². The highest BCUT2D eigenvalue weighted by atomic mass is 35.5. The van der Waals surface area contributed by atoms with E-state index in [2.05, 4.69) is 0 Å². The molecule has 0 spiro atoms. The molecule has 5 heteroatoms. The number of halogens is 1. The Hall–Kier alpha value is -1.78. The van der Waals surface area contributed by atoms with Gasteiger partial charge in [-0.25, -0.2) is 0 Å². The van der Waals surface area contributed by atoms with E-state index in [1.54, 1.807) is 30.0 Å². The number of hydrogen-bond acceptors (Lipinski definition) is 3. The van der Waals surface area contributed by atoms with Gasteiger partial charge in [0.05, 0.1) is 11.3 Å². The third kappa shape index (κ3) is 2.82. The molecule has 106 valence electrons. The van der Waals surface area contributed by atoms with Crippen LogP contribution in [0, 0.1) is 0 Å². The quantitative estimate of drug-likeness (QED) is 0.638. The fraction of sp³-hybridized carbons (Fsp3) is 0.125. The van der Waals surface area contributed by atoms with Crippen LogP contribution in [0.1, 0.15) is 10.4 Å². The number of hydrogen-bond donors (Lipinski definition) is 0. The van der Waals surface area contributed by atoms with Gasteiger partial charge in [0.1, 0.15) is 0 Å². The minimum absolute atomic E-state index is 0.439. The van der Waals surface area contributed by atoms with Crippen LogP contribution in [0.15, 0.2) is 53.4 Å². The Balaban J connectivity index is 1.73. The molecular formula is C16H12ClNO2S. The molecule has 21 heavy (non-hydrogen) atoms. The molecule has 0 bridgehead atoms. The zero-order chi connectivity index (χ0) is 14.8. The van der Waals surface area contributed by atoms with Crippen molar-refractivity contribution in [2.24, 2.45) is 0 Å². The number of Topliss-reactive ketones (excluding diaryl/α,β-unsaturated/α-hetero) is 1. The second kappa shape index (κ2) is 5.92. The van der Waals surface area contributed by atoms with Gasteiger partial charge in [0.2, 0.25) is 0 Å². The molecule has 0 N–H and O–H groups in total. The maximum atomic E-state index is 12.0. The summed E-state index contributed by atoms with van der Waals surface area (Å²) in [7, 11) is 0. The van der Waals surface area contributed by atoms with E-state index in [0.717, 1.165) is 10.6 Å². The molecule has 0 aromatic heterocycles. The van der Waals surface area contributed by atoms with Crippen molar-refractivity contribution in [3.8, 4) is 0 Å². The zero-order valence-electron chi connectivity index (χ0n) is 11.1. The van der Waals surface area contributed by atoms with Crippen molar-refractivity contribution >= 4 is 40.7 Å². The van der Waals surface area contributed by atoms with Crippen LogP contribution in [0.3, 0.4) is 0 Å². The molecule has 1 heterocycles. The largest absolute Gasteiger partial charge is 0.304 e. The molecule has 3 rings (SSSR count). The van der Waals surface area contributed by atoms with E-state index < -0.39 is 11.7 Å². The van der Waals surface area contributed by atoms with Gasteiger partial charge in [0.25, 0.3) is 11.7 Å². The van der Waals surface area contributed by atoms with Gasteiger partial charge in [-0.3, -0.25) is 9.59 Å². The molecule has 2 aromatic carbocycles. The molecule has 2 aromatic rings. The van der Waals surface area contributed by atoms with Gasteiger partial charge in [-0.15, -0.1) is 11.8 Å². The van der Waals surface area contributed by atoms with E-state index in [9.17, 15) is 9.59 Å². The minimum atomic E-state index is -0.471. The Morgan fingerprint density at radius 2 is 1.81 bits per heavy atom. The fourth-order valence-electron chi connectivity index (χ4n) is 2.26. The van der Waals surface area contributed by atoms with E-state index in [1.807, 2.05) is 30.3 Å². The van der Waals surface area contributed by atoms with Gasteiger partial charge in [-0.1, -0.05) is 29.8 Å². The first-order valence-electron chi connectivity index (χ1n) is 6.50. The normalized spacial score (nSPS) is 13.7. The van der Waals surface area contributed by atoms with Crippen LogP contribution in [0.5, 0.6) is 0 Å². The lowest BCUT2D eigenvalue weighted by Gasteiger charge is -2.16. The van der Waals surface area contributed by atoms with Crippen LogP contribution in [0.4, 0.5) is 5.69 Å². The van der Waals surface area contributed by atoms with Gasteiger partial charge in [-0.05, 0) is 30.3 Å². The highest BCUT2D eigenvalue weighted by molar-refractivity contribution is 7.99. The van der Waals surface area contributed by atoms with Crippen LogP contribution in [-0.4, -0.2) is 24.0 Å². The van der Waals surface area contributed by atoms with E-state index in [-0.39, 0.29) is 0 Å². The summed E-state index contributed by atoms with van der Waals surface area (Å²) in [6, 6.07) is 14.9. The molecule has 1 amide bonds. The molecule has 1 aliphatic heterocycles. The third-order valence-corrected chi connectivity index (χ3v) is 4.49. The molecule has 0 saturated heterocycles. The predicted molar refractivity (Wildman–Crippen MR) is 85.3 cm³/mol. The lowest BCUT2D eigenvalue weighted by atomic mass is 10.1. The zero-order valence-corrected chi connectivity index (χ0v) is 12.7. The van der Waals surface area contributed by atoms with Gasteiger partial charge >= 0.3 is 0 Å². The minimum Gasteiger partial charge on any atom is -0.304 e. The van der Waals surface area contributed by atoms with Crippen LogP contribution in [-0.2, 0) is 4.79 Å². The molecule has 1 aliphatic rings. The summed E-state index contributed by atoms with van der Waals surface area (Å²) >= 11 is 7.61. The maximum absolute atomic E-state index is 12.0. The van der Waals surface area contributed by atoms with Crippen molar-refractivity contribution in [2.75, 3.05) is 17.2 Å². The van der Waals surface area contributed by atoms with E-state index in [0.29, 0.717) is 22.8 Å². The fourth-order valence-corrected chi connectivity index (χ4v) is 3.29. The Bertz CT molecular complexity index is 703. The number of nitrogens with zero attached hydrogens (tertiary/aromatic N) is 1. The molecule has 0 saturated carbocycles. The number of benzene rings is 2. The summed E-state index contributed by atoms with van der Waals surface area (Å²) in [5.74, 6) is -0.207. The van der Waals surface area contributed by atoms with Crippen LogP contribution < -0.4 is 4.90 Å². The average molecular weight is 318 g/mol. The Kier molecular flexibility index (Phi) is 3.99. The van der Waals surface area contributed by atoms with E-state index >= 15 is 0 Å². The lowest BCUT2D eigenvalue weighted by Crippen LogP contribution is -2.31. The SMILES string of the molecule is O=C1C(=O)N(CCSc2ccccc2)c2cc(Cl)ccc21.